The molecule has 9 heteroatoms. The summed E-state index contributed by atoms with van der Waals surface area (Å²) in [6.45, 7) is 7.70. The van der Waals surface area contributed by atoms with E-state index in [4.69, 9.17) is 4.74 Å². The van der Waals surface area contributed by atoms with Crippen LogP contribution in [0.5, 0.6) is 5.75 Å². The minimum Gasteiger partial charge on any atom is -0.496 e. The van der Waals surface area contributed by atoms with Crippen LogP contribution in [0.25, 0.3) is 0 Å². The quantitative estimate of drug-likeness (QED) is 0.310. The van der Waals surface area contributed by atoms with Crippen LogP contribution in [0.2, 0.25) is 0 Å². The number of carboxylic acid groups (broad SMARTS) is 1. The number of rotatable bonds is 8. The van der Waals surface area contributed by atoms with Gasteiger partial charge in [0.05, 0.1) is 24.6 Å². The van der Waals surface area contributed by atoms with Crippen molar-refractivity contribution in [3.05, 3.63) is 101 Å². The van der Waals surface area contributed by atoms with Crippen LogP contribution in [-0.2, 0) is 22.3 Å². The number of carboxylic acids is 1. The molecule has 3 aromatic carbocycles. The Labute approximate surface area is 244 Å². The van der Waals surface area contributed by atoms with Crippen LogP contribution in [0.15, 0.2) is 78.9 Å². The van der Waals surface area contributed by atoms with E-state index >= 15 is 0 Å². The van der Waals surface area contributed by atoms with E-state index in [0.717, 1.165) is 23.3 Å². The fourth-order valence-corrected chi connectivity index (χ4v) is 6.13. The van der Waals surface area contributed by atoms with E-state index in [2.05, 4.69) is 5.32 Å². The van der Waals surface area contributed by atoms with E-state index < -0.39 is 53.1 Å². The molecule has 1 aliphatic rings. The van der Waals surface area contributed by atoms with Crippen molar-refractivity contribution in [3.63, 3.8) is 0 Å². The van der Waals surface area contributed by atoms with Gasteiger partial charge in [0.2, 0.25) is 5.91 Å². The number of hydrogen-bond donors (Lipinski definition) is 2. The molecule has 0 aromatic heterocycles. The van der Waals surface area contributed by atoms with Crippen molar-refractivity contribution in [1.29, 1.82) is 0 Å². The highest BCUT2D eigenvalue weighted by Gasteiger charge is 2.58. The van der Waals surface area contributed by atoms with Crippen LogP contribution in [0.3, 0.4) is 0 Å². The number of carbonyl (C=O) groups excluding carboxylic acids is 1. The second kappa shape index (κ2) is 12.2. The summed E-state index contributed by atoms with van der Waals surface area (Å²) in [7, 11) is 1.31. The van der Waals surface area contributed by atoms with Crippen LogP contribution >= 0.6 is 0 Å². The third-order valence-electron chi connectivity index (χ3n) is 8.13. The lowest BCUT2D eigenvalue weighted by Crippen LogP contribution is -2.48. The molecule has 2 N–H and O–H groups in total. The van der Waals surface area contributed by atoms with Gasteiger partial charge in [-0.2, -0.15) is 13.2 Å². The lowest BCUT2D eigenvalue weighted by Gasteiger charge is -2.35. The molecule has 1 fully saturated rings. The lowest BCUT2D eigenvalue weighted by molar-refractivity contribution is -0.152. The van der Waals surface area contributed by atoms with Crippen molar-refractivity contribution >= 4 is 11.9 Å². The van der Waals surface area contributed by atoms with Crippen molar-refractivity contribution in [3.8, 4) is 5.75 Å². The zero-order chi connectivity index (χ0) is 30.8. The molecule has 0 radical (unpaired) electrons. The van der Waals surface area contributed by atoms with Crippen molar-refractivity contribution in [2.45, 2.75) is 64.5 Å². The maximum atomic E-state index is 14.3. The predicted molar refractivity (Wildman–Crippen MR) is 154 cm³/mol. The Morgan fingerprint density at radius 2 is 1.57 bits per heavy atom. The Kier molecular flexibility index (Phi) is 9.01. The first-order valence-corrected chi connectivity index (χ1v) is 13.9. The van der Waals surface area contributed by atoms with E-state index in [1.165, 1.54) is 18.1 Å². The maximum absolute atomic E-state index is 14.3. The monoisotopic (exact) mass is 582 g/mol. The first-order valence-electron chi connectivity index (χ1n) is 13.9. The average molecular weight is 583 g/mol. The number of nitrogens with zero attached hydrogens (tertiary/aromatic N) is 1. The summed E-state index contributed by atoms with van der Waals surface area (Å²) >= 11 is 0. The summed E-state index contributed by atoms with van der Waals surface area (Å²) in [4.78, 5) is 28.8. The minimum absolute atomic E-state index is 0.0688. The summed E-state index contributed by atoms with van der Waals surface area (Å²) in [6.07, 6.45) is -4.52. The van der Waals surface area contributed by atoms with Gasteiger partial charge in [-0.25, -0.2) is 4.79 Å². The van der Waals surface area contributed by atoms with Gasteiger partial charge >= 0.3 is 12.1 Å². The molecule has 42 heavy (non-hydrogen) atoms. The summed E-state index contributed by atoms with van der Waals surface area (Å²) in [5.41, 5.74) is 0.636. The SMILES string of the molecule is COc1cc(C(F)(F)F)ccc1CN[C@H]1[C@H](C(C)(C)C)[C@@H](C(=O)O)N(C(=O)[C@H](C)c2ccccc2)[C@H]1c1ccccc1. The fourth-order valence-electron chi connectivity index (χ4n) is 6.13. The standard InChI is InChI=1S/C33H37F3N2O4/c1-20(21-12-8-6-9-13-21)30(39)38-28(22-14-10-7-11-15-22)27(26(32(2,3)4)29(38)31(40)41)37-19-23-16-17-24(33(34,35)36)18-25(23)42-5/h6-18,20,26-29,37H,19H2,1-5H3,(H,40,41)/t20-,26+,27+,28+,29+/m1/s1. The highest BCUT2D eigenvalue weighted by atomic mass is 19.4. The summed E-state index contributed by atoms with van der Waals surface area (Å²) in [6, 6.07) is 19.5. The molecule has 1 amide bonds. The number of nitrogens with one attached hydrogen (secondary N) is 1. The number of halogens is 3. The van der Waals surface area contributed by atoms with Gasteiger partial charge < -0.3 is 20.1 Å². The third kappa shape index (κ3) is 6.31. The number of amides is 1. The number of ether oxygens (including phenoxy) is 1. The van der Waals surface area contributed by atoms with Gasteiger partial charge in [-0.05, 0) is 35.6 Å². The molecule has 0 bridgehead atoms. The molecule has 1 aliphatic heterocycles. The largest absolute Gasteiger partial charge is 0.496 e. The Morgan fingerprint density at radius 3 is 2.10 bits per heavy atom. The fraction of sp³-hybridized carbons (Fsp3) is 0.394. The Bertz CT molecular complexity index is 1390. The van der Waals surface area contributed by atoms with Crippen molar-refractivity contribution < 1.29 is 32.6 Å². The van der Waals surface area contributed by atoms with Gasteiger partial charge in [0, 0.05) is 24.1 Å². The van der Waals surface area contributed by atoms with Crippen LogP contribution in [0.4, 0.5) is 13.2 Å². The van der Waals surface area contributed by atoms with E-state index in [9.17, 15) is 27.9 Å². The molecule has 1 heterocycles. The molecule has 1 saturated heterocycles. The molecule has 0 spiro atoms. The van der Waals surface area contributed by atoms with Crippen molar-refractivity contribution in [2.24, 2.45) is 11.3 Å². The summed E-state index contributed by atoms with van der Waals surface area (Å²) in [5, 5.41) is 14.1. The Balaban J connectivity index is 1.81. The second-order valence-electron chi connectivity index (χ2n) is 11.8. The number of carbonyl (C=O) groups is 2. The number of hydrogen-bond acceptors (Lipinski definition) is 4. The Morgan fingerprint density at radius 1 is 0.976 bits per heavy atom. The first-order chi connectivity index (χ1) is 19.8. The molecule has 5 atom stereocenters. The van der Waals surface area contributed by atoms with Gasteiger partial charge in [-0.15, -0.1) is 0 Å². The molecule has 4 rings (SSSR count). The van der Waals surface area contributed by atoms with E-state index in [-0.39, 0.29) is 18.2 Å². The number of likely N-dealkylation sites (tertiary alicyclic amines) is 1. The number of aliphatic carboxylic acids is 1. The van der Waals surface area contributed by atoms with E-state index in [0.29, 0.717) is 5.56 Å². The maximum Gasteiger partial charge on any atom is 0.416 e. The number of alkyl halides is 3. The second-order valence-corrected chi connectivity index (χ2v) is 11.8. The van der Waals surface area contributed by atoms with Crippen LogP contribution in [0, 0.1) is 11.3 Å². The lowest BCUT2D eigenvalue weighted by atomic mass is 9.72. The topological polar surface area (TPSA) is 78.9 Å². The summed E-state index contributed by atoms with van der Waals surface area (Å²) in [5.74, 6) is -2.51. The molecule has 0 aliphatic carbocycles. The molecule has 0 saturated carbocycles. The smallest absolute Gasteiger partial charge is 0.416 e. The molecule has 0 unspecified atom stereocenters. The highest BCUT2D eigenvalue weighted by molar-refractivity contribution is 5.89. The van der Waals surface area contributed by atoms with Crippen molar-refractivity contribution in [1.82, 2.24) is 10.2 Å². The molecule has 6 nitrogen and oxygen atoms in total. The first kappa shape index (κ1) is 31.1. The van der Waals surface area contributed by atoms with Gasteiger partial charge in [0.25, 0.3) is 0 Å². The molecular weight excluding hydrogens is 545 g/mol. The minimum atomic E-state index is -4.52. The van der Waals surface area contributed by atoms with Gasteiger partial charge in [-0.3, -0.25) is 4.79 Å². The normalized spacial score (nSPS) is 21.7. The molecular formula is C33H37F3N2O4. The number of methoxy groups -OCH3 is 1. The zero-order valence-corrected chi connectivity index (χ0v) is 24.4. The highest BCUT2D eigenvalue weighted by Crippen LogP contribution is 2.49. The zero-order valence-electron chi connectivity index (χ0n) is 24.4. The Hall–Kier alpha value is -3.85. The summed E-state index contributed by atoms with van der Waals surface area (Å²) < 4.78 is 45.4. The predicted octanol–water partition coefficient (Wildman–Crippen LogP) is 6.67. The van der Waals surface area contributed by atoms with Crippen LogP contribution in [0.1, 0.15) is 61.9 Å². The average Bonchev–Trinajstić information content (AvgIpc) is 3.31. The molecule has 224 valence electrons. The third-order valence-corrected chi connectivity index (χ3v) is 8.13. The van der Waals surface area contributed by atoms with Crippen molar-refractivity contribution in [2.75, 3.05) is 7.11 Å². The van der Waals surface area contributed by atoms with Crippen LogP contribution in [-0.4, -0.2) is 41.1 Å². The van der Waals surface area contributed by atoms with Gasteiger partial charge in [0.15, 0.2) is 0 Å². The van der Waals surface area contributed by atoms with Gasteiger partial charge in [-0.1, -0.05) is 87.5 Å². The van der Waals surface area contributed by atoms with Gasteiger partial charge in [0.1, 0.15) is 11.8 Å². The molecule has 3 aromatic rings. The number of benzene rings is 3. The van der Waals surface area contributed by atoms with E-state index in [1.54, 1.807) is 6.92 Å². The van der Waals surface area contributed by atoms with E-state index in [1.807, 2.05) is 81.4 Å². The van der Waals surface area contributed by atoms with Crippen LogP contribution < -0.4 is 10.1 Å².